The number of piperazine rings is 1. The first-order valence-electron chi connectivity index (χ1n) is 11.3. The second kappa shape index (κ2) is 9.01. The van der Waals surface area contributed by atoms with E-state index < -0.39 is 0 Å². The molecule has 0 atom stereocenters. The third-order valence-corrected chi connectivity index (χ3v) is 6.77. The molecule has 1 aliphatic heterocycles. The van der Waals surface area contributed by atoms with E-state index in [0.717, 1.165) is 59.9 Å². The van der Waals surface area contributed by atoms with Crippen molar-refractivity contribution in [2.24, 2.45) is 0 Å². The fraction of sp³-hybridized carbons (Fsp3) is 0.304. The topological polar surface area (TPSA) is 111 Å². The second-order valence-corrected chi connectivity index (χ2v) is 9.03. The number of H-pyrrole nitrogens is 1. The normalized spacial score (nSPS) is 14.9. The number of anilines is 2. The zero-order valence-electron chi connectivity index (χ0n) is 18.6. The molecule has 5 heterocycles. The standard InChI is InChI=1S/C23H25N9OS/c33-11-10-30-6-8-31(9-7-30)23-28-21(24-13-19-26-17-3-1-2-4-18(17)27-19)20-22(29-23)32(15-25-20)16-5-12-34-14-16/h1-5,12,14-15,33H,6-11,13H2,(H,26,27)(H,24,28,29). The van der Waals surface area contributed by atoms with Gasteiger partial charge in [0.1, 0.15) is 12.2 Å². The first kappa shape index (κ1) is 21.0. The van der Waals surface area contributed by atoms with Gasteiger partial charge in [-0.3, -0.25) is 9.47 Å². The highest BCUT2D eigenvalue weighted by Crippen LogP contribution is 2.26. The summed E-state index contributed by atoms with van der Waals surface area (Å²) in [6, 6.07) is 10.1. The molecule has 5 aromatic rings. The molecule has 11 heteroatoms. The highest BCUT2D eigenvalue weighted by molar-refractivity contribution is 7.08. The molecular weight excluding hydrogens is 450 g/mol. The van der Waals surface area contributed by atoms with E-state index in [4.69, 9.17) is 9.97 Å². The van der Waals surface area contributed by atoms with Crippen LogP contribution in [0.3, 0.4) is 0 Å². The number of nitrogens with zero attached hydrogens (tertiary/aromatic N) is 7. The maximum Gasteiger partial charge on any atom is 0.229 e. The van der Waals surface area contributed by atoms with E-state index in [0.29, 0.717) is 24.9 Å². The number of imidazole rings is 2. The predicted molar refractivity (Wildman–Crippen MR) is 134 cm³/mol. The molecule has 6 rings (SSSR count). The smallest absolute Gasteiger partial charge is 0.229 e. The number of hydrogen-bond donors (Lipinski definition) is 3. The summed E-state index contributed by atoms with van der Waals surface area (Å²) in [4.78, 5) is 26.9. The number of rotatable bonds is 7. The van der Waals surface area contributed by atoms with Gasteiger partial charge in [-0.05, 0) is 23.6 Å². The lowest BCUT2D eigenvalue weighted by Crippen LogP contribution is -2.47. The van der Waals surface area contributed by atoms with Gasteiger partial charge in [0.15, 0.2) is 17.0 Å². The summed E-state index contributed by atoms with van der Waals surface area (Å²) in [5.74, 6) is 2.21. The van der Waals surface area contributed by atoms with Crippen LogP contribution < -0.4 is 10.2 Å². The molecule has 1 saturated heterocycles. The maximum absolute atomic E-state index is 9.25. The molecule has 10 nitrogen and oxygen atoms in total. The molecule has 0 amide bonds. The molecule has 1 aliphatic rings. The van der Waals surface area contributed by atoms with Gasteiger partial charge in [-0.2, -0.15) is 21.3 Å². The molecule has 1 aromatic carbocycles. The minimum atomic E-state index is 0.179. The number of benzene rings is 1. The summed E-state index contributed by atoms with van der Waals surface area (Å²) in [6.45, 7) is 4.72. The second-order valence-electron chi connectivity index (χ2n) is 8.25. The lowest BCUT2D eigenvalue weighted by Gasteiger charge is -2.34. The van der Waals surface area contributed by atoms with Gasteiger partial charge in [-0.1, -0.05) is 12.1 Å². The molecule has 1 fully saturated rings. The van der Waals surface area contributed by atoms with Crippen LogP contribution in [0.15, 0.2) is 47.4 Å². The van der Waals surface area contributed by atoms with Crippen molar-refractivity contribution < 1.29 is 5.11 Å². The number of aliphatic hydroxyl groups is 1. The fourth-order valence-electron chi connectivity index (χ4n) is 4.31. The Morgan fingerprint density at radius 1 is 1.06 bits per heavy atom. The van der Waals surface area contributed by atoms with Gasteiger partial charge in [0.05, 0.1) is 29.9 Å². The van der Waals surface area contributed by atoms with Crippen LogP contribution in [0.4, 0.5) is 11.8 Å². The van der Waals surface area contributed by atoms with E-state index in [2.05, 4.69) is 41.5 Å². The molecule has 0 bridgehead atoms. The SMILES string of the molecule is OCCN1CCN(c2nc(NCc3nc4ccccc4[nH]3)c3ncn(-c4ccsc4)c3n2)CC1. The Morgan fingerprint density at radius 2 is 1.94 bits per heavy atom. The van der Waals surface area contributed by atoms with Gasteiger partial charge in [-0.25, -0.2) is 9.97 Å². The molecule has 4 aromatic heterocycles. The predicted octanol–water partition coefficient (Wildman–Crippen LogP) is 2.48. The Balaban J connectivity index is 1.34. The van der Waals surface area contributed by atoms with E-state index in [1.807, 2.05) is 34.2 Å². The van der Waals surface area contributed by atoms with Crippen molar-refractivity contribution in [3.63, 3.8) is 0 Å². The fourth-order valence-corrected chi connectivity index (χ4v) is 4.93. The number of hydrogen-bond acceptors (Lipinski definition) is 9. The van der Waals surface area contributed by atoms with Gasteiger partial charge < -0.3 is 20.3 Å². The van der Waals surface area contributed by atoms with Crippen molar-refractivity contribution in [2.45, 2.75) is 6.54 Å². The lowest BCUT2D eigenvalue weighted by molar-refractivity contribution is 0.188. The summed E-state index contributed by atoms with van der Waals surface area (Å²) in [6.07, 6.45) is 1.80. The Morgan fingerprint density at radius 3 is 2.74 bits per heavy atom. The first-order valence-corrected chi connectivity index (χ1v) is 12.3. The summed E-state index contributed by atoms with van der Waals surface area (Å²) in [5, 5.41) is 16.8. The number of β-amino-alcohol motifs (C(OH)–C–C–N with tert-alkyl or cyclic N) is 1. The van der Waals surface area contributed by atoms with Gasteiger partial charge in [-0.15, -0.1) is 0 Å². The third kappa shape index (κ3) is 3.98. The van der Waals surface area contributed by atoms with Crippen LogP contribution in [0, 0.1) is 0 Å². The highest BCUT2D eigenvalue weighted by Gasteiger charge is 2.22. The molecule has 0 spiro atoms. The van der Waals surface area contributed by atoms with Crippen LogP contribution in [0.1, 0.15) is 5.82 Å². The van der Waals surface area contributed by atoms with Crippen LogP contribution >= 0.6 is 11.3 Å². The van der Waals surface area contributed by atoms with Crippen LogP contribution in [0.5, 0.6) is 0 Å². The average Bonchev–Trinajstić information content (AvgIpc) is 3.62. The van der Waals surface area contributed by atoms with E-state index in [-0.39, 0.29) is 6.61 Å². The highest BCUT2D eigenvalue weighted by atomic mass is 32.1. The maximum atomic E-state index is 9.25. The quantitative estimate of drug-likeness (QED) is 0.329. The number of aliphatic hydroxyl groups excluding tert-OH is 1. The van der Waals surface area contributed by atoms with Crippen molar-refractivity contribution in [1.29, 1.82) is 0 Å². The lowest BCUT2D eigenvalue weighted by atomic mass is 10.3. The summed E-state index contributed by atoms with van der Waals surface area (Å²) in [7, 11) is 0. The van der Waals surface area contributed by atoms with Crippen molar-refractivity contribution in [3.8, 4) is 5.69 Å². The zero-order valence-corrected chi connectivity index (χ0v) is 19.4. The number of aromatic nitrogens is 6. The number of fused-ring (bicyclic) bond motifs is 2. The number of nitrogens with one attached hydrogen (secondary N) is 2. The van der Waals surface area contributed by atoms with Crippen molar-refractivity contribution >= 4 is 45.3 Å². The van der Waals surface area contributed by atoms with E-state index >= 15 is 0 Å². The monoisotopic (exact) mass is 475 g/mol. The first-order chi connectivity index (χ1) is 16.8. The Labute approximate surface area is 199 Å². The zero-order chi connectivity index (χ0) is 22.9. The number of thiophene rings is 1. The largest absolute Gasteiger partial charge is 0.395 e. The van der Waals surface area contributed by atoms with Crippen molar-refractivity contribution in [2.75, 3.05) is 49.5 Å². The molecule has 0 aliphatic carbocycles. The minimum Gasteiger partial charge on any atom is -0.395 e. The van der Waals surface area contributed by atoms with E-state index in [9.17, 15) is 5.11 Å². The van der Waals surface area contributed by atoms with E-state index in [1.54, 1.807) is 17.7 Å². The van der Waals surface area contributed by atoms with Gasteiger partial charge >= 0.3 is 0 Å². The number of para-hydroxylation sites is 2. The van der Waals surface area contributed by atoms with Crippen LogP contribution in [-0.2, 0) is 6.54 Å². The Hall–Kier alpha value is -3.54. The average molecular weight is 476 g/mol. The van der Waals surface area contributed by atoms with Crippen LogP contribution in [-0.4, -0.2) is 78.8 Å². The molecular formula is C23H25N9OS. The minimum absolute atomic E-state index is 0.179. The summed E-state index contributed by atoms with van der Waals surface area (Å²) < 4.78 is 2.01. The Kier molecular flexibility index (Phi) is 5.57. The van der Waals surface area contributed by atoms with Crippen LogP contribution in [0.25, 0.3) is 27.9 Å². The molecule has 3 N–H and O–H groups in total. The molecule has 34 heavy (non-hydrogen) atoms. The van der Waals surface area contributed by atoms with Gasteiger partial charge in [0.2, 0.25) is 5.95 Å². The summed E-state index contributed by atoms with van der Waals surface area (Å²) in [5.41, 5.74) is 4.48. The molecule has 174 valence electrons. The molecule has 0 radical (unpaired) electrons. The van der Waals surface area contributed by atoms with Crippen molar-refractivity contribution in [1.82, 2.24) is 34.4 Å². The van der Waals surface area contributed by atoms with Gasteiger partial charge in [0.25, 0.3) is 0 Å². The Bertz CT molecular complexity index is 1370. The number of aromatic amines is 1. The van der Waals surface area contributed by atoms with Crippen molar-refractivity contribution in [3.05, 3.63) is 53.2 Å². The van der Waals surface area contributed by atoms with Crippen LogP contribution in [0.2, 0.25) is 0 Å². The third-order valence-electron chi connectivity index (χ3n) is 6.10. The molecule has 0 unspecified atom stereocenters. The van der Waals surface area contributed by atoms with Gasteiger partial charge in [0, 0.05) is 38.1 Å². The molecule has 0 saturated carbocycles. The van der Waals surface area contributed by atoms with E-state index in [1.165, 1.54) is 0 Å². The summed E-state index contributed by atoms with van der Waals surface area (Å²) >= 11 is 1.64.